The third-order valence-corrected chi connectivity index (χ3v) is 5.77. The Morgan fingerprint density at radius 2 is 1.65 bits per heavy atom. The molecule has 116 valence electrons. The molecule has 4 aliphatic rings. The van der Waals surface area contributed by atoms with Crippen molar-refractivity contribution in [3.05, 3.63) is 0 Å². The number of hydrogen-bond donors (Lipinski definition) is 2. The molecule has 4 bridgehead atoms. The molecule has 0 aliphatic heterocycles. The first kappa shape index (κ1) is 16.1. The standard InChI is InChI=1S/C16H28N2O.ClH/c1-14-6-12-7-15(2,9-14)11-16(8-12,10-14)13(19)18-5-4-17-3;/h12,17H,4-11H2,1-3H3,(H,18,19);1H. The quantitative estimate of drug-likeness (QED) is 0.784. The van der Waals surface area contributed by atoms with Crippen LogP contribution in [-0.4, -0.2) is 26.0 Å². The second kappa shape index (κ2) is 5.17. The van der Waals surface area contributed by atoms with E-state index in [-0.39, 0.29) is 17.8 Å². The van der Waals surface area contributed by atoms with Crippen LogP contribution in [0.25, 0.3) is 0 Å². The van der Waals surface area contributed by atoms with Crippen molar-refractivity contribution in [2.24, 2.45) is 22.2 Å². The van der Waals surface area contributed by atoms with Crippen LogP contribution in [0.3, 0.4) is 0 Å². The van der Waals surface area contributed by atoms with Gasteiger partial charge in [-0.15, -0.1) is 12.4 Å². The zero-order valence-corrected chi connectivity index (χ0v) is 13.9. The number of likely N-dealkylation sites (N-methyl/N-ethyl adjacent to an activating group) is 1. The third-order valence-electron chi connectivity index (χ3n) is 5.77. The zero-order chi connectivity index (χ0) is 13.7. The van der Waals surface area contributed by atoms with Gasteiger partial charge in [-0.2, -0.15) is 0 Å². The van der Waals surface area contributed by atoms with Crippen LogP contribution in [0.15, 0.2) is 0 Å². The van der Waals surface area contributed by atoms with Crippen LogP contribution in [0.4, 0.5) is 0 Å². The minimum atomic E-state index is -0.0450. The van der Waals surface area contributed by atoms with Crippen molar-refractivity contribution < 1.29 is 4.79 Å². The summed E-state index contributed by atoms with van der Waals surface area (Å²) in [5, 5.41) is 6.27. The summed E-state index contributed by atoms with van der Waals surface area (Å²) in [5.74, 6) is 1.13. The van der Waals surface area contributed by atoms with Crippen molar-refractivity contribution in [2.75, 3.05) is 20.1 Å². The number of hydrogen-bond acceptors (Lipinski definition) is 2. The lowest BCUT2D eigenvalue weighted by Crippen LogP contribution is -2.60. The molecule has 0 radical (unpaired) electrons. The first-order chi connectivity index (χ1) is 8.89. The van der Waals surface area contributed by atoms with E-state index in [0.29, 0.717) is 16.7 Å². The Morgan fingerprint density at radius 3 is 2.15 bits per heavy atom. The third kappa shape index (κ3) is 2.59. The number of halogens is 1. The van der Waals surface area contributed by atoms with Gasteiger partial charge in [0.25, 0.3) is 0 Å². The first-order valence-corrected chi connectivity index (χ1v) is 7.82. The Labute approximate surface area is 129 Å². The minimum Gasteiger partial charge on any atom is -0.354 e. The number of carbonyl (C=O) groups excluding carboxylic acids is 1. The van der Waals surface area contributed by atoms with E-state index in [1.165, 1.54) is 19.3 Å². The topological polar surface area (TPSA) is 41.1 Å². The number of carbonyl (C=O) groups is 1. The molecule has 4 rings (SSSR count). The van der Waals surface area contributed by atoms with Crippen LogP contribution in [0.2, 0.25) is 0 Å². The monoisotopic (exact) mass is 300 g/mol. The smallest absolute Gasteiger partial charge is 0.226 e. The van der Waals surface area contributed by atoms with Crippen molar-refractivity contribution in [3.8, 4) is 0 Å². The molecule has 0 saturated heterocycles. The summed E-state index contributed by atoms with van der Waals surface area (Å²) < 4.78 is 0. The van der Waals surface area contributed by atoms with Gasteiger partial charge in [0.15, 0.2) is 0 Å². The average Bonchev–Trinajstić information content (AvgIpc) is 2.24. The van der Waals surface area contributed by atoms with Crippen molar-refractivity contribution in [1.29, 1.82) is 0 Å². The lowest BCUT2D eigenvalue weighted by molar-refractivity contribution is -0.170. The number of amides is 1. The van der Waals surface area contributed by atoms with Gasteiger partial charge < -0.3 is 10.6 Å². The summed E-state index contributed by atoms with van der Waals surface area (Å²) >= 11 is 0. The lowest BCUT2D eigenvalue weighted by atomic mass is 9.40. The maximum absolute atomic E-state index is 12.7. The van der Waals surface area contributed by atoms with Crippen LogP contribution in [0.1, 0.15) is 52.4 Å². The molecule has 2 N–H and O–H groups in total. The first-order valence-electron chi connectivity index (χ1n) is 7.82. The van der Waals surface area contributed by atoms with Crippen LogP contribution >= 0.6 is 12.4 Å². The van der Waals surface area contributed by atoms with E-state index in [1.807, 2.05) is 7.05 Å². The van der Waals surface area contributed by atoms with Crippen LogP contribution in [0.5, 0.6) is 0 Å². The van der Waals surface area contributed by atoms with Crippen molar-refractivity contribution in [3.63, 3.8) is 0 Å². The normalized spacial score (nSPS) is 45.0. The summed E-state index contributed by atoms with van der Waals surface area (Å²) in [5.41, 5.74) is 0.805. The Balaban J connectivity index is 0.00000147. The zero-order valence-electron chi connectivity index (χ0n) is 13.1. The Morgan fingerprint density at radius 1 is 1.05 bits per heavy atom. The number of rotatable bonds is 4. The molecule has 0 aromatic rings. The SMILES string of the molecule is CNCCNC(=O)C12CC3CC(C)(CC(C)(C3)C1)C2.Cl. The van der Waals surface area contributed by atoms with E-state index in [4.69, 9.17) is 0 Å². The summed E-state index contributed by atoms with van der Waals surface area (Å²) in [6.07, 6.45) is 7.43. The maximum Gasteiger partial charge on any atom is 0.226 e. The molecule has 0 aromatic heterocycles. The molecule has 4 heteroatoms. The van der Waals surface area contributed by atoms with Crippen LogP contribution < -0.4 is 10.6 Å². The van der Waals surface area contributed by atoms with Crippen molar-refractivity contribution >= 4 is 18.3 Å². The summed E-state index contributed by atoms with van der Waals surface area (Å²) in [7, 11) is 1.93. The van der Waals surface area contributed by atoms with E-state index in [0.717, 1.165) is 38.3 Å². The minimum absolute atomic E-state index is 0. The fourth-order valence-electron chi connectivity index (χ4n) is 6.19. The highest BCUT2D eigenvalue weighted by molar-refractivity contribution is 5.85. The second-order valence-electron chi connectivity index (χ2n) is 8.27. The van der Waals surface area contributed by atoms with Gasteiger partial charge in [-0.3, -0.25) is 4.79 Å². The fraction of sp³-hybridized carbons (Fsp3) is 0.938. The van der Waals surface area contributed by atoms with Crippen LogP contribution in [-0.2, 0) is 4.79 Å². The summed E-state index contributed by atoms with van der Waals surface area (Å²) in [6.45, 7) is 6.46. The molecule has 0 aromatic carbocycles. The molecule has 1 amide bonds. The van der Waals surface area contributed by atoms with Gasteiger partial charge in [0, 0.05) is 13.1 Å². The fourth-order valence-corrected chi connectivity index (χ4v) is 6.19. The summed E-state index contributed by atoms with van der Waals surface area (Å²) in [6, 6.07) is 0. The predicted octanol–water partition coefficient (Wildman–Crippen LogP) is 2.74. The van der Waals surface area contributed by atoms with E-state index in [9.17, 15) is 4.79 Å². The van der Waals surface area contributed by atoms with Gasteiger partial charge in [0.2, 0.25) is 5.91 Å². The molecule has 20 heavy (non-hydrogen) atoms. The van der Waals surface area contributed by atoms with E-state index in [2.05, 4.69) is 24.5 Å². The summed E-state index contributed by atoms with van der Waals surface area (Å²) in [4.78, 5) is 12.7. The highest BCUT2D eigenvalue weighted by Crippen LogP contribution is 2.69. The molecule has 2 atom stereocenters. The van der Waals surface area contributed by atoms with Gasteiger partial charge in [-0.25, -0.2) is 0 Å². The van der Waals surface area contributed by atoms with E-state index < -0.39 is 0 Å². The van der Waals surface area contributed by atoms with E-state index in [1.54, 1.807) is 0 Å². The van der Waals surface area contributed by atoms with Crippen molar-refractivity contribution in [1.82, 2.24) is 10.6 Å². The lowest BCUT2D eigenvalue weighted by Gasteiger charge is -2.64. The molecule has 3 nitrogen and oxygen atoms in total. The van der Waals surface area contributed by atoms with Gasteiger partial charge in [0.05, 0.1) is 5.41 Å². The molecular formula is C16H29ClN2O. The molecule has 4 saturated carbocycles. The van der Waals surface area contributed by atoms with Gasteiger partial charge >= 0.3 is 0 Å². The van der Waals surface area contributed by atoms with Crippen molar-refractivity contribution in [2.45, 2.75) is 52.4 Å². The molecule has 4 fully saturated rings. The highest BCUT2D eigenvalue weighted by atomic mass is 35.5. The predicted molar refractivity (Wildman–Crippen MR) is 84.0 cm³/mol. The molecular weight excluding hydrogens is 272 g/mol. The largest absolute Gasteiger partial charge is 0.354 e. The Hall–Kier alpha value is -0.280. The number of nitrogens with one attached hydrogen (secondary N) is 2. The van der Waals surface area contributed by atoms with Crippen LogP contribution in [0, 0.1) is 22.2 Å². The second-order valence-corrected chi connectivity index (χ2v) is 8.27. The molecule has 0 heterocycles. The Kier molecular flexibility index (Phi) is 4.16. The van der Waals surface area contributed by atoms with E-state index >= 15 is 0 Å². The average molecular weight is 301 g/mol. The highest BCUT2D eigenvalue weighted by Gasteiger charge is 2.62. The molecule has 4 aliphatic carbocycles. The molecule has 2 unspecified atom stereocenters. The Bertz CT molecular complexity index is 380. The molecule has 0 spiro atoms. The van der Waals surface area contributed by atoms with Gasteiger partial charge in [-0.1, -0.05) is 13.8 Å². The maximum atomic E-state index is 12.7. The van der Waals surface area contributed by atoms with Gasteiger partial charge in [0.1, 0.15) is 0 Å². The van der Waals surface area contributed by atoms with Gasteiger partial charge in [-0.05, 0) is 62.3 Å².